The van der Waals surface area contributed by atoms with E-state index >= 15 is 0 Å². The summed E-state index contributed by atoms with van der Waals surface area (Å²) >= 11 is 6.01. The van der Waals surface area contributed by atoms with Crippen LogP contribution in [0.2, 0.25) is 5.02 Å². The Morgan fingerprint density at radius 2 is 1.81 bits per heavy atom. The summed E-state index contributed by atoms with van der Waals surface area (Å²) in [5.41, 5.74) is 2.38. The first-order valence-corrected chi connectivity index (χ1v) is 9.71. The highest BCUT2D eigenvalue weighted by Gasteiger charge is 2.26. The summed E-state index contributed by atoms with van der Waals surface area (Å²) in [7, 11) is 0. The molecule has 0 atom stereocenters. The molecule has 2 aliphatic rings. The van der Waals surface area contributed by atoms with E-state index < -0.39 is 0 Å². The fraction of sp³-hybridized carbons (Fsp3) is 0.526. The quantitative estimate of drug-likeness (QED) is 0.807. The van der Waals surface area contributed by atoms with E-state index in [2.05, 4.69) is 15.0 Å². The van der Waals surface area contributed by atoms with Crippen LogP contribution >= 0.6 is 11.6 Å². The number of benzene rings is 1. The highest BCUT2D eigenvalue weighted by Crippen LogP contribution is 2.40. The van der Waals surface area contributed by atoms with Crippen LogP contribution in [-0.4, -0.2) is 71.1 Å². The number of hydrogen-bond donors (Lipinski definition) is 2. The van der Waals surface area contributed by atoms with Crippen LogP contribution in [0.5, 0.6) is 11.5 Å². The third-order valence-electron chi connectivity index (χ3n) is 5.28. The number of phenols is 2. The van der Waals surface area contributed by atoms with Crippen molar-refractivity contribution >= 4 is 11.6 Å². The van der Waals surface area contributed by atoms with Gasteiger partial charge in [-0.25, -0.2) is 0 Å². The third kappa shape index (κ3) is 4.06. The summed E-state index contributed by atoms with van der Waals surface area (Å²) in [6.07, 6.45) is 1.93. The molecule has 2 N–H and O–H groups in total. The summed E-state index contributed by atoms with van der Waals surface area (Å²) in [5.74, 6) is 0.304. The number of fused-ring (bicyclic) bond motifs is 1. The fourth-order valence-corrected chi connectivity index (χ4v) is 3.91. The average Bonchev–Trinajstić information content (AvgIpc) is 3.09. The molecule has 7 nitrogen and oxygen atoms in total. The van der Waals surface area contributed by atoms with Gasteiger partial charge in [-0.15, -0.1) is 0 Å². The first kappa shape index (κ1) is 18.6. The largest absolute Gasteiger partial charge is 0.507 e. The maximum absolute atomic E-state index is 10.2. The predicted octanol–water partition coefficient (Wildman–Crippen LogP) is 2.49. The topological polar surface area (TPSA) is 82.2 Å². The zero-order valence-corrected chi connectivity index (χ0v) is 15.9. The molecule has 4 rings (SSSR count). The van der Waals surface area contributed by atoms with E-state index in [1.54, 1.807) is 0 Å². The van der Waals surface area contributed by atoms with Gasteiger partial charge >= 0.3 is 0 Å². The van der Waals surface area contributed by atoms with Gasteiger partial charge in [0.25, 0.3) is 0 Å². The smallest absolute Gasteiger partial charge is 0.175 e. The van der Waals surface area contributed by atoms with Crippen molar-refractivity contribution in [1.82, 2.24) is 15.0 Å². The second-order valence-corrected chi connectivity index (χ2v) is 7.50. The molecule has 146 valence electrons. The van der Waals surface area contributed by atoms with E-state index in [0.717, 1.165) is 76.6 Å². The van der Waals surface area contributed by atoms with Crippen molar-refractivity contribution in [2.24, 2.45) is 0 Å². The van der Waals surface area contributed by atoms with Gasteiger partial charge in [0, 0.05) is 44.2 Å². The average molecular weight is 394 g/mol. The first-order chi connectivity index (χ1) is 13.1. The zero-order chi connectivity index (χ0) is 18.8. The standard InChI is InChI=1S/C19H24ClN3O4/c20-15-10-13(17(24)11-18(15)25)19-14-12-23(5-2-16(14)21-27-19)4-1-3-22-6-8-26-9-7-22/h10-11,24-25H,1-9,12H2. The van der Waals surface area contributed by atoms with Crippen LogP contribution in [0, 0.1) is 0 Å². The highest BCUT2D eigenvalue weighted by molar-refractivity contribution is 6.32. The van der Waals surface area contributed by atoms with Crippen molar-refractivity contribution in [2.45, 2.75) is 19.4 Å². The number of ether oxygens (including phenoxy) is 1. The van der Waals surface area contributed by atoms with E-state index in [9.17, 15) is 10.2 Å². The lowest BCUT2D eigenvalue weighted by atomic mass is 10.0. The molecule has 1 fully saturated rings. The molecule has 3 heterocycles. The Labute approximate surface area is 163 Å². The van der Waals surface area contributed by atoms with Crippen LogP contribution in [0.25, 0.3) is 11.3 Å². The summed E-state index contributed by atoms with van der Waals surface area (Å²) < 4.78 is 10.9. The Morgan fingerprint density at radius 3 is 2.63 bits per heavy atom. The summed E-state index contributed by atoms with van der Waals surface area (Å²) in [5, 5.41) is 24.2. The van der Waals surface area contributed by atoms with Gasteiger partial charge in [-0.3, -0.25) is 9.80 Å². The number of nitrogens with zero attached hydrogens (tertiary/aromatic N) is 3. The fourth-order valence-electron chi connectivity index (χ4n) is 3.75. The molecule has 0 saturated carbocycles. The molecule has 0 unspecified atom stereocenters. The first-order valence-electron chi connectivity index (χ1n) is 9.33. The Hall–Kier alpha value is -1.80. The second-order valence-electron chi connectivity index (χ2n) is 7.09. The van der Waals surface area contributed by atoms with Crippen LogP contribution < -0.4 is 0 Å². The Kier molecular flexibility index (Phi) is 5.54. The Bertz CT molecular complexity index is 804. The normalized spacial score (nSPS) is 18.6. The number of aromatic hydroxyl groups is 2. The highest BCUT2D eigenvalue weighted by atomic mass is 35.5. The van der Waals surface area contributed by atoms with Gasteiger partial charge in [-0.05, 0) is 25.6 Å². The van der Waals surface area contributed by atoms with Crippen LogP contribution in [0.1, 0.15) is 17.7 Å². The monoisotopic (exact) mass is 393 g/mol. The van der Waals surface area contributed by atoms with Gasteiger partial charge in [0.15, 0.2) is 5.76 Å². The van der Waals surface area contributed by atoms with E-state index in [4.69, 9.17) is 20.9 Å². The number of rotatable bonds is 5. The van der Waals surface area contributed by atoms with E-state index in [1.165, 1.54) is 12.1 Å². The lowest BCUT2D eigenvalue weighted by Crippen LogP contribution is -2.38. The van der Waals surface area contributed by atoms with Crippen molar-refractivity contribution in [3.05, 3.63) is 28.4 Å². The maximum Gasteiger partial charge on any atom is 0.175 e. The third-order valence-corrected chi connectivity index (χ3v) is 5.58. The van der Waals surface area contributed by atoms with Crippen LogP contribution in [0.3, 0.4) is 0 Å². The Balaban J connectivity index is 1.43. The minimum Gasteiger partial charge on any atom is -0.507 e. The maximum atomic E-state index is 10.2. The van der Waals surface area contributed by atoms with E-state index in [0.29, 0.717) is 11.3 Å². The van der Waals surface area contributed by atoms with E-state index in [-0.39, 0.29) is 16.5 Å². The number of aromatic nitrogens is 1. The SMILES string of the molecule is Oc1cc(O)c(-c2onc3c2CN(CCCN2CCOCC2)CC3)cc1Cl. The molecule has 1 aromatic heterocycles. The molecule has 0 spiro atoms. The Morgan fingerprint density at radius 1 is 1.04 bits per heavy atom. The molecular weight excluding hydrogens is 370 g/mol. The van der Waals surface area contributed by atoms with Gasteiger partial charge in [0.2, 0.25) is 0 Å². The molecule has 0 radical (unpaired) electrons. The summed E-state index contributed by atoms with van der Waals surface area (Å²) in [6.45, 7) is 7.45. The minimum atomic E-state index is -0.156. The summed E-state index contributed by atoms with van der Waals surface area (Å²) in [6, 6.07) is 2.75. The second kappa shape index (κ2) is 8.06. The summed E-state index contributed by atoms with van der Waals surface area (Å²) in [4.78, 5) is 4.84. The van der Waals surface area contributed by atoms with Crippen molar-refractivity contribution in [1.29, 1.82) is 0 Å². The molecule has 0 amide bonds. The molecule has 2 aliphatic heterocycles. The van der Waals surface area contributed by atoms with Gasteiger partial charge in [0.05, 0.1) is 29.5 Å². The van der Waals surface area contributed by atoms with E-state index in [1.807, 2.05) is 0 Å². The van der Waals surface area contributed by atoms with Crippen LogP contribution in [0.4, 0.5) is 0 Å². The van der Waals surface area contributed by atoms with Crippen molar-refractivity contribution in [3.8, 4) is 22.8 Å². The number of halogens is 1. The number of hydrogen-bond acceptors (Lipinski definition) is 7. The van der Waals surface area contributed by atoms with Gasteiger partial charge in [-0.1, -0.05) is 16.8 Å². The van der Waals surface area contributed by atoms with Crippen molar-refractivity contribution in [2.75, 3.05) is 45.9 Å². The van der Waals surface area contributed by atoms with Gasteiger partial charge in [-0.2, -0.15) is 0 Å². The van der Waals surface area contributed by atoms with Crippen LogP contribution in [0.15, 0.2) is 16.7 Å². The predicted molar refractivity (Wildman–Crippen MR) is 101 cm³/mol. The molecule has 0 bridgehead atoms. The minimum absolute atomic E-state index is 0.0692. The molecule has 0 aliphatic carbocycles. The van der Waals surface area contributed by atoms with Gasteiger partial charge < -0.3 is 19.5 Å². The lowest BCUT2D eigenvalue weighted by molar-refractivity contribution is 0.0359. The lowest BCUT2D eigenvalue weighted by Gasteiger charge is -2.29. The number of morpholine rings is 1. The molecular formula is C19H24ClN3O4. The van der Waals surface area contributed by atoms with Crippen molar-refractivity contribution in [3.63, 3.8) is 0 Å². The van der Waals surface area contributed by atoms with Gasteiger partial charge in [0.1, 0.15) is 11.5 Å². The molecule has 2 aromatic rings. The molecule has 8 heteroatoms. The molecule has 27 heavy (non-hydrogen) atoms. The zero-order valence-electron chi connectivity index (χ0n) is 15.2. The van der Waals surface area contributed by atoms with Crippen LogP contribution in [-0.2, 0) is 17.7 Å². The molecule has 1 saturated heterocycles. The molecule has 1 aromatic carbocycles. The van der Waals surface area contributed by atoms with Crippen molar-refractivity contribution < 1.29 is 19.5 Å². The number of phenolic OH excluding ortho intramolecular Hbond substituents is 2.